The second-order valence-corrected chi connectivity index (χ2v) is 9.75. The molecule has 1 aliphatic rings. The Labute approximate surface area is 223 Å². The largest absolute Gasteiger partial charge is 0.344 e. The van der Waals surface area contributed by atoms with Crippen molar-refractivity contribution < 1.29 is 0 Å². The maximum atomic E-state index is 9.87. The van der Waals surface area contributed by atoms with Gasteiger partial charge in [-0.2, -0.15) is 5.26 Å². The van der Waals surface area contributed by atoms with E-state index in [1.165, 1.54) is 5.56 Å². The molecule has 0 unspecified atom stereocenters. The van der Waals surface area contributed by atoms with Crippen LogP contribution in [0.3, 0.4) is 0 Å². The maximum absolute atomic E-state index is 9.87. The van der Waals surface area contributed by atoms with Crippen LogP contribution in [0.2, 0.25) is 10.0 Å². The Morgan fingerprint density at radius 3 is 2.36 bits per heavy atom. The molecule has 0 aromatic heterocycles. The highest BCUT2D eigenvalue weighted by atomic mass is 35.5. The first-order chi connectivity index (χ1) is 17.3. The van der Waals surface area contributed by atoms with Crippen LogP contribution >= 0.6 is 23.2 Å². The van der Waals surface area contributed by atoms with Crippen LogP contribution in [0.15, 0.2) is 83.7 Å². The average Bonchev–Trinajstić information content (AvgIpc) is 3.07. The molecule has 36 heavy (non-hydrogen) atoms. The summed E-state index contributed by atoms with van der Waals surface area (Å²) in [6.07, 6.45) is 9.47. The highest BCUT2D eigenvalue weighted by molar-refractivity contribution is 6.31. The topological polar surface area (TPSA) is 55.2 Å². The van der Waals surface area contributed by atoms with Gasteiger partial charge in [0.25, 0.3) is 5.70 Å². The second-order valence-electron chi connectivity index (χ2n) is 8.87. The zero-order chi connectivity index (χ0) is 26.3. The summed E-state index contributed by atoms with van der Waals surface area (Å²) in [5.74, 6) is 0. The molecule has 0 saturated heterocycles. The van der Waals surface area contributed by atoms with Crippen LogP contribution in [0, 0.1) is 29.2 Å². The van der Waals surface area contributed by atoms with Gasteiger partial charge in [-0.1, -0.05) is 80.7 Å². The Hall–Kier alpha value is -3.75. The minimum absolute atomic E-state index is 0.146. The van der Waals surface area contributed by atoms with Crippen molar-refractivity contribution in [1.82, 2.24) is 0 Å². The monoisotopic (exact) mass is 512 g/mol. The lowest BCUT2D eigenvalue weighted by molar-refractivity contribution is 0.624. The van der Waals surface area contributed by atoms with Crippen molar-refractivity contribution in [3.8, 4) is 12.1 Å². The fourth-order valence-electron chi connectivity index (χ4n) is 4.37. The normalized spacial score (nSPS) is 16.3. The number of halogens is 2. The molecule has 180 valence electrons. The molecular formula is C30H26Cl2N4. The van der Waals surface area contributed by atoms with Gasteiger partial charge in [-0.15, -0.1) is 0 Å². The lowest BCUT2D eigenvalue weighted by Crippen LogP contribution is -2.26. The Kier molecular flexibility index (Phi) is 8.79. The number of anilines is 1. The van der Waals surface area contributed by atoms with Crippen LogP contribution in [-0.2, 0) is 5.41 Å². The number of hydrogen-bond acceptors (Lipinski definition) is 3. The molecule has 1 aliphatic heterocycles. The van der Waals surface area contributed by atoms with Gasteiger partial charge >= 0.3 is 0 Å². The van der Waals surface area contributed by atoms with E-state index in [4.69, 9.17) is 29.8 Å². The average molecular weight is 513 g/mol. The number of unbranched alkanes of at least 4 members (excludes halogenated alkanes) is 1. The van der Waals surface area contributed by atoms with Crippen LogP contribution in [0.25, 0.3) is 10.4 Å². The fourth-order valence-corrected chi connectivity index (χ4v) is 4.66. The molecule has 3 rings (SSSR count). The van der Waals surface area contributed by atoms with Gasteiger partial charge in [-0.05, 0) is 54.0 Å². The molecule has 2 aromatic carbocycles. The van der Waals surface area contributed by atoms with E-state index < -0.39 is 0 Å². The van der Waals surface area contributed by atoms with E-state index in [0.29, 0.717) is 15.6 Å². The molecule has 4 nitrogen and oxygen atoms in total. The van der Waals surface area contributed by atoms with Crippen molar-refractivity contribution in [3.05, 3.63) is 116 Å². The molecule has 0 atom stereocenters. The smallest absolute Gasteiger partial charge is 0.270 e. The molecule has 0 aliphatic carbocycles. The number of allylic oxidation sites excluding steroid dienone is 8. The summed E-state index contributed by atoms with van der Waals surface area (Å²) in [6, 6.07) is 16.8. The highest BCUT2D eigenvalue weighted by Gasteiger charge is 2.39. The Bertz CT molecular complexity index is 1370. The van der Waals surface area contributed by atoms with Crippen LogP contribution in [-0.4, -0.2) is 6.54 Å². The predicted molar refractivity (Wildman–Crippen MR) is 148 cm³/mol. The third kappa shape index (κ3) is 5.56. The predicted octanol–water partition coefficient (Wildman–Crippen LogP) is 8.64. The number of rotatable bonds is 7. The molecule has 6 heteroatoms. The van der Waals surface area contributed by atoms with Gasteiger partial charge in [-0.25, -0.2) is 10.1 Å². The van der Waals surface area contributed by atoms with Crippen LogP contribution in [0.5, 0.6) is 0 Å². The minimum atomic E-state index is -0.216. The van der Waals surface area contributed by atoms with Crippen molar-refractivity contribution in [1.29, 1.82) is 10.5 Å². The number of benzene rings is 2. The second kappa shape index (κ2) is 11.8. The minimum Gasteiger partial charge on any atom is -0.344 e. The van der Waals surface area contributed by atoms with Gasteiger partial charge in [0.1, 0.15) is 0 Å². The Balaban J connectivity index is 2.03. The quantitative estimate of drug-likeness (QED) is 0.212. The third-order valence-electron chi connectivity index (χ3n) is 6.20. The standard InChI is InChI=1S/C30H26Cl2N4/c1-5-6-17-36-27-18-24(32)15-16-25(27)30(2,3)28(36)10-8-7-9-22(19-33)29(26(20-34)35-4)21-11-13-23(31)14-12-21/h7-16,18H,5-6,17H2,1-3H3/b8-7+,22-9+,28-10+,29-26+. The molecule has 0 fully saturated rings. The molecule has 0 bridgehead atoms. The lowest BCUT2D eigenvalue weighted by Gasteiger charge is -2.27. The zero-order valence-electron chi connectivity index (χ0n) is 20.5. The third-order valence-corrected chi connectivity index (χ3v) is 6.68. The molecule has 1 heterocycles. The van der Waals surface area contributed by atoms with Gasteiger partial charge in [0, 0.05) is 39.0 Å². The fraction of sp³-hybridized carbons (Fsp3) is 0.233. The molecular weight excluding hydrogens is 487 g/mol. The zero-order valence-corrected chi connectivity index (χ0v) is 22.0. The molecule has 0 amide bonds. The first-order valence-electron chi connectivity index (χ1n) is 11.6. The van der Waals surface area contributed by atoms with Crippen molar-refractivity contribution in [2.45, 2.75) is 39.0 Å². The van der Waals surface area contributed by atoms with E-state index in [1.54, 1.807) is 36.4 Å². The molecule has 2 aromatic rings. The van der Waals surface area contributed by atoms with E-state index in [2.05, 4.69) is 48.7 Å². The van der Waals surface area contributed by atoms with Crippen molar-refractivity contribution >= 4 is 34.5 Å². The van der Waals surface area contributed by atoms with E-state index in [0.717, 1.165) is 30.8 Å². The number of nitriles is 2. The van der Waals surface area contributed by atoms with E-state index in [1.807, 2.05) is 24.3 Å². The van der Waals surface area contributed by atoms with E-state index in [-0.39, 0.29) is 22.3 Å². The summed E-state index contributed by atoms with van der Waals surface area (Å²) in [4.78, 5) is 5.66. The van der Waals surface area contributed by atoms with Gasteiger partial charge < -0.3 is 4.90 Å². The number of hydrogen-bond donors (Lipinski definition) is 0. The Morgan fingerprint density at radius 1 is 1.06 bits per heavy atom. The lowest BCUT2D eigenvalue weighted by atomic mass is 9.83. The van der Waals surface area contributed by atoms with Crippen LogP contribution < -0.4 is 4.90 Å². The van der Waals surface area contributed by atoms with Crippen LogP contribution in [0.1, 0.15) is 44.7 Å². The summed E-state index contributed by atoms with van der Waals surface area (Å²) >= 11 is 12.3. The molecule has 0 saturated carbocycles. The van der Waals surface area contributed by atoms with E-state index in [9.17, 15) is 10.5 Å². The first-order valence-corrected chi connectivity index (χ1v) is 12.4. The van der Waals surface area contributed by atoms with Crippen molar-refractivity contribution in [2.75, 3.05) is 11.4 Å². The van der Waals surface area contributed by atoms with Gasteiger partial charge in [0.15, 0.2) is 0 Å². The summed E-state index contributed by atoms with van der Waals surface area (Å²) in [6.45, 7) is 14.9. The summed E-state index contributed by atoms with van der Waals surface area (Å²) in [5, 5.41) is 20.6. The van der Waals surface area contributed by atoms with Gasteiger partial charge in [-0.3, -0.25) is 0 Å². The van der Waals surface area contributed by atoms with Crippen molar-refractivity contribution in [3.63, 3.8) is 0 Å². The molecule has 0 spiro atoms. The Morgan fingerprint density at radius 2 is 1.75 bits per heavy atom. The first kappa shape index (κ1) is 26.8. The highest BCUT2D eigenvalue weighted by Crippen LogP contribution is 2.48. The summed E-state index contributed by atoms with van der Waals surface area (Å²) in [7, 11) is 0. The molecule has 0 radical (unpaired) electrons. The molecule has 0 N–H and O–H groups in total. The number of nitrogens with zero attached hydrogens (tertiary/aromatic N) is 4. The van der Waals surface area contributed by atoms with Gasteiger partial charge in [0.05, 0.1) is 24.3 Å². The SMILES string of the molecule is [C-]#[N+]/C(C#N)=C(/C(C#N)=C/C=C/C=C1/N(CCCC)c2cc(Cl)ccc2C1(C)C)c1ccc(Cl)cc1. The number of fused-ring (bicyclic) bond motifs is 1. The van der Waals surface area contributed by atoms with Gasteiger partial charge in [0.2, 0.25) is 0 Å². The summed E-state index contributed by atoms with van der Waals surface area (Å²) in [5.41, 5.74) is 4.22. The maximum Gasteiger partial charge on any atom is 0.270 e. The summed E-state index contributed by atoms with van der Waals surface area (Å²) < 4.78 is 0. The van der Waals surface area contributed by atoms with Crippen LogP contribution in [0.4, 0.5) is 5.69 Å². The van der Waals surface area contributed by atoms with E-state index >= 15 is 0 Å². The van der Waals surface area contributed by atoms with Crippen molar-refractivity contribution in [2.24, 2.45) is 0 Å².